The number of fused-ring (bicyclic) bond motifs is 1. The maximum absolute atomic E-state index is 12.6. The maximum atomic E-state index is 12.6. The van der Waals surface area contributed by atoms with E-state index in [4.69, 9.17) is 0 Å². The lowest BCUT2D eigenvalue weighted by atomic mass is 9.88. The van der Waals surface area contributed by atoms with Crippen LogP contribution in [0.15, 0.2) is 55.0 Å². The Morgan fingerprint density at radius 3 is 2.47 bits per heavy atom. The molecule has 1 fully saturated rings. The second-order valence-electron chi connectivity index (χ2n) is 9.16. The van der Waals surface area contributed by atoms with E-state index in [-0.39, 0.29) is 17.7 Å². The van der Waals surface area contributed by atoms with Gasteiger partial charge in [-0.05, 0) is 60.1 Å². The number of hydrogen-bond donors (Lipinski definition) is 1. The molecule has 3 heterocycles. The maximum Gasteiger partial charge on any atom is 0.251 e. The number of nitrogens with zero attached hydrogens (tertiary/aromatic N) is 3. The quantitative estimate of drug-likeness (QED) is 0.633. The molecule has 4 rings (SSSR count). The molecular formula is C26H32N4O2. The first-order chi connectivity index (χ1) is 15.4. The first-order valence-corrected chi connectivity index (χ1v) is 11.5. The van der Waals surface area contributed by atoms with Crippen LogP contribution in [0.4, 0.5) is 0 Å². The van der Waals surface area contributed by atoms with Crippen LogP contribution in [-0.4, -0.2) is 39.2 Å². The van der Waals surface area contributed by atoms with Gasteiger partial charge in [0.1, 0.15) is 5.65 Å². The number of benzene rings is 1. The van der Waals surface area contributed by atoms with Gasteiger partial charge in [0.25, 0.3) is 5.91 Å². The van der Waals surface area contributed by atoms with Crippen molar-refractivity contribution in [3.8, 4) is 0 Å². The summed E-state index contributed by atoms with van der Waals surface area (Å²) in [7, 11) is 0. The molecule has 1 aliphatic heterocycles. The fourth-order valence-electron chi connectivity index (χ4n) is 4.26. The number of rotatable bonds is 6. The summed E-state index contributed by atoms with van der Waals surface area (Å²) >= 11 is 0. The molecule has 1 saturated heterocycles. The standard InChI is InChI=1S/C26H32N4O2/c1-18(2)19(3)26(32)30-13-9-22(10-14-30)21-4-6-23(7-5-21)25(31)28-17-20-8-12-29-15-11-27-24(29)16-20/h4-8,11-12,15-16,18-19,22H,9-10,13-14,17H2,1-3H3,(H,28,31). The summed E-state index contributed by atoms with van der Waals surface area (Å²) in [6.07, 6.45) is 7.54. The molecule has 0 spiro atoms. The fraction of sp³-hybridized carbons (Fsp3) is 0.423. The molecule has 1 aromatic carbocycles. The number of carbonyl (C=O) groups is 2. The van der Waals surface area contributed by atoms with Crippen LogP contribution >= 0.6 is 0 Å². The number of likely N-dealkylation sites (tertiary alicyclic amines) is 1. The summed E-state index contributed by atoms with van der Waals surface area (Å²) in [5.74, 6) is 1.07. The molecule has 0 aliphatic carbocycles. The topological polar surface area (TPSA) is 66.7 Å². The van der Waals surface area contributed by atoms with Crippen LogP contribution in [-0.2, 0) is 11.3 Å². The number of carbonyl (C=O) groups excluding carboxylic acids is 2. The highest BCUT2D eigenvalue weighted by Crippen LogP contribution is 2.29. The van der Waals surface area contributed by atoms with E-state index in [1.165, 1.54) is 5.56 Å². The predicted molar refractivity (Wildman–Crippen MR) is 125 cm³/mol. The number of nitrogens with one attached hydrogen (secondary N) is 1. The summed E-state index contributed by atoms with van der Waals surface area (Å²) in [5, 5.41) is 2.99. The van der Waals surface area contributed by atoms with Crippen LogP contribution in [0.3, 0.4) is 0 Å². The normalized spacial score (nSPS) is 15.8. The molecule has 1 unspecified atom stereocenters. The lowest BCUT2D eigenvalue weighted by Gasteiger charge is -2.34. The van der Waals surface area contributed by atoms with Crippen molar-refractivity contribution in [2.45, 2.75) is 46.1 Å². The molecule has 32 heavy (non-hydrogen) atoms. The van der Waals surface area contributed by atoms with Crippen LogP contribution in [0.25, 0.3) is 5.65 Å². The molecule has 1 aliphatic rings. The Labute approximate surface area is 189 Å². The molecule has 0 bridgehead atoms. The minimum absolute atomic E-state index is 0.0750. The largest absolute Gasteiger partial charge is 0.348 e. The lowest BCUT2D eigenvalue weighted by Crippen LogP contribution is -2.41. The van der Waals surface area contributed by atoms with Crippen molar-refractivity contribution in [2.24, 2.45) is 11.8 Å². The van der Waals surface area contributed by atoms with Crippen LogP contribution in [0.2, 0.25) is 0 Å². The van der Waals surface area contributed by atoms with Gasteiger partial charge < -0.3 is 14.6 Å². The highest BCUT2D eigenvalue weighted by Gasteiger charge is 2.27. The van der Waals surface area contributed by atoms with Crippen molar-refractivity contribution in [1.82, 2.24) is 19.6 Å². The number of pyridine rings is 1. The Morgan fingerprint density at radius 1 is 1.06 bits per heavy atom. The van der Waals surface area contributed by atoms with Crippen molar-refractivity contribution in [3.63, 3.8) is 0 Å². The predicted octanol–water partition coefficient (Wildman–Crippen LogP) is 4.26. The van der Waals surface area contributed by atoms with Gasteiger partial charge >= 0.3 is 0 Å². The molecule has 1 atom stereocenters. The molecule has 0 saturated carbocycles. The first-order valence-electron chi connectivity index (χ1n) is 11.5. The van der Waals surface area contributed by atoms with E-state index in [2.05, 4.69) is 36.3 Å². The number of piperidine rings is 1. The van der Waals surface area contributed by atoms with Gasteiger partial charge in [0.05, 0.1) is 0 Å². The van der Waals surface area contributed by atoms with Crippen molar-refractivity contribution >= 4 is 17.5 Å². The van der Waals surface area contributed by atoms with Gasteiger partial charge in [-0.1, -0.05) is 32.9 Å². The second kappa shape index (κ2) is 9.55. The third-order valence-electron chi connectivity index (χ3n) is 6.76. The molecule has 1 N–H and O–H groups in total. The zero-order valence-corrected chi connectivity index (χ0v) is 19.1. The van der Waals surface area contributed by atoms with Gasteiger partial charge in [0.2, 0.25) is 5.91 Å². The summed E-state index contributed by atoms with van der Waals surface area (Å²) < 4.78 is 1.94. The molecule has 168 valence electrons. The van der Waals surface area contributed by atoms with E-state index in [1.807, 2.05) is 52.9 Å². The Kier molecular flexibility index (Phi) is 6.58. The van der Waals surface area contributed by atoms with E-state index in [1.54, 1.807) is 6.20 Å². The first kappa shape index (κ1) is 22.1. The van der Waals surface area contributed by atoms with Crippen molar-refractivity contribution in [1.29, 1.82) is 0 Å². The van der Waals surface area contributed by atoms with Crippen LogP contribution in [0, 0.1) is 11.8 Å². The van der Waals surface area contributed by atoms with E-state index >= 15 is 0 Å². The number of aromatic nitrogens is 2. The van der Waals surface area contributed by atoms with Gasteiger partial charge in [0.15, 0.2) is 0 Å². The third-order valence-corrected chi connectivity index (χ3v) is 6.76. The molecule has 6 heteroatoms. The fourth-order valence-corrected chi connectivity index (χ4v) is 4.26. The minimum Gasteiger partial charge on any atom is -0.348 e. The van der Waals surface area contributed by atoms with E-state index in [0.717, 1.165) is 37.1 Å². The second-order valence-corrected chi connectivity index (χ2v) is 9.16. The molecule has 6 nitrogen and oxygen atoms in total. The zero-order valence-electron chi connectivity index (χ0n) is 19.1. The summed E-state index contributed by atoms with van der Waals surface area (Å²) in [6, 6.07) is 11.9. The molecule has 2 amide bonds. The molecule has 2 aromatic heterocycles. The summed E-state index contributed by atoms with van der Waals surface area (Å²) in [4.78, 5) is 31.5. The van der Waals surface area contributed by atoms with Crippen LogP contribution < -0.4 is 5.32 Å². The summed E-state index contributed by atoms with van der Waals surface area (Å²) in [5.41, 5.74) is 3.79. The molecule has 0 radical (unpaired) electrons. The molecular weight excluding hydrogens is 400 g/mol. The Bertz CT molecular complexity index is 1080. The monoisotopic (exact) mass is 432 g/mol. The van der Waals surface area contributed by atoms with Gasteiger partial charge in [-0.25, -0.2) is 4.98 Å². The average molecular weight is 433 g/mol. The highest BCUT2D eigenvalue weighted by atomic mass is 16.2. The summed E-state index contributed by atoms with van der Waals surface area (Å²) in [6.45, 7) is 8.31. The average Bonchev–Trinajstić information content (AvgIpc) is 3.29. The number of imidazole rings is 1. The number of amides is 2. The van der Waals surface area contributed by atoms with E-state index in [0.29, 0.717) is 23.9 Å². The van der Waals surface area contributed by atoms with E-state index in [9.17, 15) is 9.59 Å². The van der Waals surface area contributed by atoms with Gasteiger partial charge in [-0.3, -0.25) is 9.59 Å². The third kappa shape index (κ3) is 4.85. The van der Waals surface area contributed by atoms with Crippen molar-refractivity contribution in [3.05, 3.63) is 71.7 Å². The molecule has 3 aromatic rings. The van der Waals surface area contributed by atoms with Crippen LogP contribution in [0.5, 0.6) is 0 Å². The highest BCUT2D eigenvalue weighted by molar-refractivity contribution is 5.94. The van der Waals surface area contributed by atoms with Crippen molar-refractivity contribution < 1.29 is 9.59 Å². The smallest absolute Gasteiger partial charge is 0.251 e. The number of hydrogen-bond acceptors (Lipinski definition) is 3. The Balaban J connectivity index is 1.30. The van der Waals surface area contributed by atoms with Crippen LogP contribution in [0.1, 0.15) is 61.0 Å². The lowest BCUT2D eigenvalue weighted by molar-refractivity contribution is -0.137. The van der Waals surface area contributed by atoms with E-state index < -0.39 is 0 Å². The SMILES string of the molecule is CC(C)C(C)C(=O)N1CCC(c2ccc(C(=O)NCc3ccn4ccnc4c3)cc2)CC1. The zero-order chi connectivity index (χ0) is 22.7. The van der Waals surface area contributed by atoms with Gasteiger partial charge in [0, 0.05) is 49.7 Å². The van der Waals surface area contributed by atoms with Gasteiger partial charge in [-0.15, -0.1) is 0 Å². The Morgan fingerprint density at radius 2 is 1.78 bits per heavy atom. The minimum atomic E-state index is -0.0807. The van der Waals surface area contributed by atoms with Gasteiger partial charge in [-0.2, -0.15) is 0 Å². The Hall–Kier alpha value is -3.15. The van der Waals surface area contributed by atoms with Crippen molar-refractivity contribution in [2.75, 3.05) is 13.1 Å².